The number of nitrogens with one attached hydrogen (secondary N) is 1. The Labute approximate surface area is 136 Å². The van der Waals surface area contributed by atoms with Gasteiger partial charge in [0.1, 0.15) is 5.76 Å². The standard InChI is InChI=1S/C15H15BrClNO3/c1-3-18-14(10-8-9(16)4-5-11(10)17)12-6-7-13(21-12)15(19)20-2/h4-8,14,18H,3H2,1-2H3. The van der Waals surface area contributed by atoms with E-state index in [1.807, 2.05) is 25.1 Å². The Kier molecular flexibility index (Phi) is 5.45. The first kappa shape index (κ1) is 16.1. The monoisotopic (exact) mass is 371 g/mol. The highest BCUT2D eigenvalue weighted by atomic mass is 79.9. The number of hydrogen-bond donors (Lipinski definition) is 1. The maximum Gasteiger partial charge on any atom is 0.373 e. The second kappa shape index (κ2) is 7.11. The molecular weight excluding hydrogens is 358 g/mol. The zero-order chi connectivity index (χ0) is 15.4. The van der Waals surface area contributed by atoms with E-state index in [2.05, 4.69) is 26.0 Å². The fourth-order valence-corrected chi connectivity index (χ4v) is 2.63. The number of carbonyl (C=O) groups excluding carboxylic acids is 1. The lowest BCUT2D eigenvalue weighted by Gasteiger charge is -2.17. The van der Waals surface area contributed by atoms with E-state index in [9.17, 15) is 4.79 Å². The summed E-state index contributed by atoms with van der Waals surface area (Å²) >= 11 is 9.72. The highest BCUT2D eigenvalue weighted by Gasteiger charge is 2.22. The summed E-state index contributed by atoms with van der Waals surface area (Å²) in [4.78, 5) is 11.5. The fourth-order valence-electron chi connectivity index (χ4n) is 2.02. The number of furan rings is 1. The number of methoxy groups -OCH3 is 1. The lowest BCUT2D eigenvalue weighted by atomic mass is 10.0. The van der Waals surface area contributed by atoms with E-state index in [1.165, 1.54) is 7.11 Å². The van der Waals surface area contributed by atoms with Gasteiger partial charge in [-0.2, -0.15) is 0 Å². The van der Waals surface area contributed by atoms with Crippen molar-refractivity contribution < 1.29 is 13.9 Å². The zero-order valence-electron chi connectivity index (χ0n) is 11.7. The van der Waals surface area contributed by atoms with Gasteiger partial charge in [0.05, 0.1) is 13.2 Å². The molecule has 2 rings (SSSR count). The van der Waals surface area contributed by atoms with Crippen LogP contribution >= 0.6 is 27.5 Å². The molecule has 0 aliphatic rings. The molecule has 0 saturated heterocycles. The molecule has 0 amide bonds. The molecule has 0 aliphatic heterocycles. The van der Waals surface area contributed by atoms with Crippen LogP contribution in [-0.2, 0) is 4.74 Å². The van der Waals surface area contributed by atoms with E-state index in [-0.39, 0.29) is 11.8 Å². The number of halogens is 2. The minimum absolute atomic E-state index is 0.168. The number of esters is 1. The van der Waals surface area contributed by atoms with E-state index in [0.717, 1.165) is 16.6 Å². The normalized spacial score (nSPS) is 12.2. The Bertz CT molecular complexity index is 642. The Balaban J connectivity index is 2.41. The summed E-state index contributed by atoms with van der Waals surface area (Å²) < 4.78 is 11.2. The van der Waals surface area contributed by atoms with Gasteiger partial charge in [-0.25, -0.2) is 4.79 Å². The maximum absolute atomic E-state index is 11.5. The van der Waals surface area contributed by atoms with E-state index in [0.29, 0.717) is 10.8 Å². The third kappa shape index (κ3) is 3.67. The second-order valence-corrected chi connectivity index (χ2v) is 5.67. The largest absolute Gasteiger partial charge is 0.463 e. The summed E-state index contributed by atoms with van der Waals surface area (Å²) in [6.45, 7) is 2.71. The van der Waals surface area contributed by atoms with E-state index >= 15 is 0 Å². The first-order valence-corrected chi connectivity index (χ1v) is 7.60. The van der Waals surface area contributed by atoms with Crippen molar-refractivity contribution in [3.05, 3.63) is 56.9 Å². The first-order chi connectivity index (χ1) is 10.1. The molecule has 1 aromatic carbocycles. The van der Waals surface area contributed by atoms with E-state index < -0.39 is 5.97 Å². The molecule has 2 aromatic rings. The van der Waals surface area contributed by atoms with Crippen LogP contribution in [0.25, 0.3) is 0 Å². The summed E-state index contributed by atoms with van der Waals surface area (Å²) in [5, 5.41) is 3.93. The molecule has 0 spiro atoms. The molecule has 1 heterocycles. The Morgan fingerprint density at radius 2 is 2.19 bits per heavy atom. The van der Waals surface area contributed by atoms with Gasteiger partial charge in [0.15, 0.2) is 0 Å². The van der Waals surface area contributed by atoms with Crippen molar-refractivity contribution in [2.24, 2.45) is 0 Å². The van der Waals surface area contributed by atoms with Crippen LogP contribution in [0, 0.1) is 0 Å². The molecule has 1 unspecified atom stereocenters. The van der Waals surface area contributed by atoms with Crippen LogP contribution < -0.4 is 5.32 Å². The summed E-state index contributed by atoms with van der Waals surface area (Å²) in [5.74, 6) is 0.274. The first-order valence-electron chi connectivity index (χ1n) is 6.43. The van der Waals surface area contributed by atoms with Gasteiger partial charge < -0.3 is 14.5 Å². The minimum Gasteiger partial charge on any atom is -0.463 e. The van der Waals surface area contributed by atoms with Gasteiger partial charge in [0, 0.05) is 9.50 Å². The molecule has 0 radical (unpaired) electrons. The van der Waals surface area contributed by atoms with Crippen molar-refractivity contribution in [1.29, 1.82) is 0 Å². The van der Waals surface area contributed by atoms with Crippen LogP contribution in [0.5, 0.6) is 0 Å². The number of carbonyl (C=O) groups is 1. The highest BCUT2D eigenvalue weighted by molar-refractivity contribution is 9.10. The average molecular weight is 373 g/mol. The quantitative estimate of drug-likeness (QED) is 0.800. The average Bonchev–Trinajstić information content (AvgIpc) is 2.96. The third-order valence-electron chi connectivity index (χ3n) is 2.98. The van der Waals surface area contributed by atoms with Crippen LogP contribution in [-0.4, -0.2) is 19.6 Å². The van der Waals surface area contributed by atoms with Crippen molar-refractivity contribution in [3.63, 3.8) is 0 Å². The van der Waals surface area contributed by atoms with Crippen LogP contribution in [0.4, 0.5) is 0 Å². The predicted molar refractivity (Wildman–Crippen MR) is 84.7 cm³/mol. The van der Waals surface area contributed by atoms with Crippen molar-refractivity contribution in [2.75, 3.05) is 13.7 Å². The van der Waals surface area contributed by atoms with Gasteiger partial charge in [-0.15, -0.1) is 0 Å². The van der Waals surface area contributed by atoms with E-state index in [4.69, 9.17) is 16.0 Å². The molecular formula is C15H15BrClNO3. The van der Waals surface area contributed by atoms with E-state index in [1.54, 1.807) is 12.1 Å². The molecule has 0 aliphatic carbocycles. The second-order valence-electron chi connectivity index (χ2n) is 4.35. The van der Waals surface area contributed by atoms with Crippen molar-refractivity contribution in [3.8, 4) is 0 Å². The molecule has 0 saturated carbocycles. The molecule has 112 valence electrons. The van der Waals surface area contributed by atoms with Crippen molar-refractivity contribution in [2.45, 2.75) is 13.0 Å². The Hall–Kier alpha value is -1.30. The lowest BCUT2D eigenvalue weighted by Crippen LogP contribution is -2.22. The smallest absolute Gasteiger partial charge is 0.373 e. The van der Waals surface area contributed by atoms with Gasteiger partial charge >= 0.3 is 5.97 Å². The molecule has 1 atom stereocenters. The molecule has 0 fully saturated rings. The summed E-state index contributed by atoms with van der Waals surface area (Å²) in [6.07, 6.45) is 0. The minimum atomic E-state index is -0.503. The molecule has 1 N–H and O–H groups in total. The molecule has 0 bridgehead atoms. The van der Waals surface area contributed by atoms with Crippen LogP contribution in [0.1, 0.15) is 34.8 Å². The predicted octanol–water partition coefficient (Wildman–Crippen LogP) is 4.18. The number of rotatable bonds is 5. The number of ether oxygens (including phenoxy) is 1. The van der Waals surface area contributed by atoms with Gasteiger partial charge in [-0.1, -0.05) is 34.5 Å². The zero-order valence-corrected chi connectivity index (χ0v) is 14.0. The Morgan fingerprint density at radius 3 is 2.86 bits per heavy atom. The van der Waals surface area contributed by atoms with Crippen LogP contribution in [0.3, 0.4) is 0 Å². The van der Waals surface area contributed by atoms with Gasteiger partial charge in [-0.3, -0.25) is 0 Å². The molecule has 1 aromatic heterocycles. The fraction of sp³-hybridized carbons (Fsp3) is 0.267. The highest BCUT2D eigenvalue weighted by Crippen LogP contribution is 2.31. The van der Waals surface area contributed by atoms with Crippen LogP contribution in [0.2, 0.25) is 5.02 Å². The van der Waals surface area contributed by atoms with Gasteiger partial charge in [-0.05, 0) is 42.4 Å². The number of hydrogen-bond acceptors (Lipinski definition) is 4. The Morgan fingerprint density at radius 1 is 1.43 bits per heavy atom. The SMILES string of the molecule is CCNC(c1ccc(C(=O)OC)o1)c1cc(Br)ccc1Cl. The number of benzene rings is 1. The van der Waals surface area contributed by atoms with Crippen molar-refractivity contribution >= 4 is 33.5 Å². The topological polar surface area (TPSA) is 51.5 Å². The van der Waals surface area contributed by atoms with Gasteiger partial charge in [0.2, 0.25) is 5.76 Å². The van der Waals surface area contributed by atoms with Gasteiger partial charge in [0.25, 0.3) is 0 Å². The maximum atomic E-state index is 11.5. The summed E-state index contributed by atoms with van der Waals surface area (Å²) in [7, 11) is 1.32. The summed E-state index contributed by atoms with van der Waals surface area (Å²) in [6, 6.07) is 8.72. The van der Waals surface area contributed by atoms with Crippen LogP contribution in [0.15, 0.2) is 39.2 Å². The third-order valence-corrected chi connectivity index (χ3v) is 3.81. The lowest BCUT2D eigenvalue weighted by molar-refractivity contribution is 0.0562. The molecule has 6 heteroatoms. The molecule has 21 heavy (non-hydrogen) atoms. The molecule has 4 nitrogen and oxygen atoms in total. The van der Waals surface area contributed by atoms with Crippen molar-refractivity contribution in [1.82, 2.24) is 5.32 Å². The summed E-state index contributed by atoms with van der Waals surface area (Å²) in [5.41, 5.74) is 0.874.